The van der Waals surface area contributed by atoms with Crippen LogP contribution >= 0.6 is 0 Å². The number of carboxylic acids is 1. The van der Waals surface area contributed by atoms with Crippen LogP contribution in [-0.2, 0) is 14.8 Å². The van der Waals surface area contributed by atoms with E-state index in [2.05, 4.69) is 4.72 Å². The number of rotatable bonds is 6. The van der Waals surface area contributed by atoms with E-state index in [1.807, 2.05) is 0 Å². The summed E-state index contributed by atoms with van der Waals surface area (Å²) < 4.78 is 37.7. The molecule has 22 heavy (non-hydrogen) atoms. The van der Waals surface area contributed by atoms with Crippen molar-refractivity contribution in [3.05, 3.63) is 18.2 Å². The van der Waals surface area contributed by atoms with Gasteiger partial charge in [0, 0.05) is 12.5 Å². The van der Waals surface area contributed by atoms with E-state index in [1.165, 1.54) is 18.2 Å². The molecule has 0 aromatic heterocycles. The summed E-state index contributed by atoms with van der Waals surface area (Å²) in [6.45, 7) is 2.74. The summed E-state index contributed by atoms with van der Waals surface area (Å²) in [6.07, 6.45) is 1.49. The molecule has 0 fully saturated rings. The van der Waals surface area contributed by atoms with E-state index in [1.54, 1.807) is 6.92 Å². The molecule has 2 N–H and O–H groups in total. The molecule has 1 heterocycles. The van der Waals surface area contributed by atoms with Gasteiger partial charge in [0.2, 0.25) is 10.0 Å². The number of carbonyl (C=O) groups is 1. The van der Waals surface area contributed by atoms with Crippen LogP contribution in [0.2, 0.25) is 0 Å². The fourth-order valence-corrected chi connectivity index (χ4v) is 3.33. The van der Waals surface area contributed by atoms with Gasteiger partial charge in [-0.3, -0.25) is 4.79 Å². The molecule has 1 atom stereocenters. The zero-order chi connectivity index (χ0) is 16.2. The van der Waals surface area contributed by atoms with Crippen LogP contribution in [0.15, 0.2) is 23.1 Å². The third-order valence-electron chi connectivity index (χ3n) is 3.20. The first-order chi connectivity index (χ1) is 10.4. The molecule has 1 aromatic carbocycles. The monoisotopic (exact) mass is 329 g/mol. The van der Waals surface area contributed by atoms with Crippen LogP contribution in [0, 0.1) is 0 Å². The molecule has 0 bridgehead atoms. The summed E-state index contributed by atoms with van der Waals surface area (Å²) in [5.41, 5.74) is 0. The normalized spacial score (nSPS) is 15.9. The SMILES string of the molecule is CCCC(NS(=O)(=O)c1ccc2c(c1)OCCCO2)C(=O)O. The van der Waals surface area contributed by atoms with Gasteiger partial charge in [0.05, 0.1) is 18.1 Å². The lowest BCUT2D eigenvalue weighted by Gasteiger charge is -2.15. The Hall–Kier alpha value is -1.80. The second-order valence-corrected chi connectivity index (χ2v) is 6.67. The van der Waals surface area contributed by atoms with E-state index in [9.17, 15) is 13.2 Å². The highest BCUT2D eigenvalue weighted by molar-refractivity contribution is 7.89. The molecule has 122 valence electrons. The first-order valence-corrected chi connectivity index (χ1v) is 8.57. The second-order valence-electron chi connectivity index (χ2n) is 4.96. The van der Waals surface area contributed by atoms with E-state index < -0.39 is 22.0 Å². The fraction of sp³-hybridized carbons (Fsp3) is 0.500. The Kier molecular flexibility index (Phi) is 5.25. The van der Waals surface area contributed by atoms with Crippen molar-refractivity contribution in [3.63, 3.8) is 0 Å². The molecule has 0 spiro atoms. The fourth-order valence-electron chi connectivity index (χ4n) is 2.09. The van der Waals surface area contributed by atoms with Gasteiger partial charge >= 0.3 is 5.97 Å². The molecule has 1 aromatic rings. The number of hydrogen-bond donors (Lipinski definition) is 2. The smallest absolute Gasteiger partial charge is 0.321 e. The molecule has 1 aliphatic rings. The Bertz CT molecular complexity index is 643. The van der Waals surface area contributed by atoms with Gasteiger partial charge in [0.25, 0.3) is 0 Å². The highest BCUT2D eigenvalue weighted by Gasteiger charge is 2.25. The molecule has 0 aliphatic carbocycles. The van der Waals surface area contributed by atoms with Crippen LogP contribution in [0.25, 0.3) is 0 Å². The minimum absolute atomic E-state index is 0.0425. The summed E-state index contributed by atoms with van der Waals surface area (Å²) in [7, 11) is -3.94. The van der Waals surface area contributed by atoms with Crippen molar-refractivity contribution >= 4 is 16.0 Å². The zero-order valence-electron chi connectivity index (χ0n) is 12.2. The van der Waals surface area contributed by atoms with Crippen molar-refractivity contribution in [3.8, 4) is 11.5 Å². The molecule has 1 unspecified atom stereocenters. The molecule has 0 radical (unpaired) electrons. The van der Waals surface area contributed by atoms with Crippen molar-refractivity contribution < 1.29 is 27.8 Å². The molecule has 0 amide bonds. The van der Waals surface area contributed by atoms with Crippen molar-refractivity contribution in [2.75, 3.05) is 13.2 Å². The zero-order valence-corrected chi connectivity index (χ0v) is 13.1. The maximum Gasteiger partial charge on any atom is 0.321 e. The summed E-state index contributed by atoms with van der Waals surface area (Å²) in [5.74, 6) is -0.359. The lowest BCUT2D eigenvalue weighted by atomic mass is 10.2. The van der Waals surface area contributed by atoms with Crippen LogP contribution in [0.3, 0.4) is 0 Å². The Morgan fingerprint density at radius 2 is 2.00 bits per heavy atom. The molecular weight excluding hydrogens is 310 g/mol. The minimum atomic E-state index is -3.94. The minimum Gasteiger partial charge on any atom is -0.490 e. The number of sulfonamides is 1. The number of carboxylic acid groups (broad SMARTS) is 1. The Labute approximate surface area is 129 Å². The third-order valence-corrected chi connectivity index (χ3v) is 4.67. The largest absolute Gasteiger partial charge is 0.490 e. The van der Waals surface area contributed by atoms with Crippen LogP contribution in [0.1, 0.15) is 26.2 Å². The van der Waals surface area contributed by atoms with Crippen molar-refractivity contribution in [2.24, 2.45) is 0 Å². The maximum atomic E-state index is 12.3. The van der Waals surface area contributed by atoms with Crippen LogP contribution in [0.5, 0.6) is 11.5 Å². The highest BCUT2D eigenvalue weighted by atomic mass is 32.2. The van der Waals surface area contributed by atoms with Gasteiger partial charge in [-0.2, -0.15) is 4.72 Å². The van der Waals surface area contributed by atoms with Gasteiger partial charge < -0.3 is 14.6 Å². The quantitative estimate of drug-likeness (QED) is 0.817. The van der Waals surface area contributed by atoms with Crippen LogP contribution < -0.4 is 14.2 Å². The Morgan fingerprint density at radius 3 is 2.64 bits per heavy atom. The number of hydrogen-bond acceptors (Lipinski definition) is 5. The molecular formula is C14H19NO6S. The van der Waals surface area contributed by atoms with E-state index in [0.717, 1.165) is 0 Å². The highest BCUT2D eigenvalue weighted by Crippen LogP contribution is 2.31. The predicted octanol–water partition coefficient (Wildman–Crippen LogP) is 1.38. The van der Waals surface area contributed by atoms with E-state index >= 15 is 0 Å². The average Bonchev–Trinajstić information content (AvgIpc) is 2.70. The van der Waals surface area contributed by atoms with Crippen LogP contribution in [0.4, 0.5) is 0 Å². The Balaban J connectivity index is 2.25. The molecule has 7 nitrogen and oxygen atoms in total. The van der Waals surface area contributed by atoms with Crippen molar-refractivity contribution in [1.29, 1.82) is 0 Å². The molecule has 2 rings (SSSR count). The predicted molar refractivity (Wildman–Crippen MR) is 78.7 cm³/mol. The molecule has 1 aliphatic heterocycles. The topological polar surface area (TPSA) is 102 Å². The number of benzene rings is 1. The average molecular weight is 329 g/mol. The molecule has 0 saturated carbocycles. The summed E-state index contributed by atoms with van der Waals surface area (Å²) in [4.78, 5) is 11.1. The Morgan fingerprint density at radius 1 is 1.32 bits per heavy atom. The number of nitrogens with one attached hydrogen (secondary N) is 1. The first kappa shape index (κ1) is 16.6. The number of ether oxygens (including phenoxy) is 2. The van der Waals surface area contributed by atoms with Gasteiger partial charge in [0.1, 0.15) is 6.04 Å². The summed E-state index contributed by atoms with van der Waals surface area (Å²) in [6, 6.07) is 3.10. The maximum absolute atomic E-state index is 12.3. The summed E-state index contributed by atoms with van der Waals surface area (Å²) >= 11 is 0. The van der Waals surface area contributed by atoms with Gasteiger partial charge in [0.15, 0.2) is 11.5 Å². The molecule has 0 saturated heterocycles. The van der Waals surface area contributed by atoms with Gasteiger partial charge in [-0.1, -0.05) is 13.3 Å². The standard InChI is InChI=1S/C14H19NO6S/c1-2-4-11(14(16)17)15-22(18,19)10-5-6-12-13(9-10)21-8-3-7-20-12/h5-6,9,11,15H,2-4,7-8H2,1H3,(H,16,17). The van der Waals surface area contributed by atoms with E-state index in [0.29, 0.717) is 37.6 Å². The lowest BCUT2D eigenvalue weighted by Crippen LogP contribution is -2.40. The number of fused-ring (bicyclic) bond motifs is 1. The van der Waals surface area contributed by atoms with Crippen molar-refractivity contribution in [2.45, 2.75) is 37.1 Å². The van der Waals surface area contributed by atoms with Gasteiger partial charge in [-0.25, -0.2) is 8.42 Å². The lowest BCUT2D eigenvalue weighted by molar-refractivity contribution is -0.139. The first-order valence-electron chi connectivity index (χ1n) is 7.09. The third kappa shape index (κ3) is 3.89. The van der Waals surface area contributed by atoms with Gasteiger partial charge in [-0.15, -0.1) is 0 Å². The van der Waals surface area contributed by atoms with E-state index in [4.69, 9.17) is 14.6 Å². The second kappa shape index (κ2) is 6.97. The van der Waals surface area contributed by atoms with Crippen LogP contribution in [-0.4, -0.2) is 38.7 Å². The summed E-state index contributed by atoms with van der Waals surface area (Å²) in [5, 5.41) is 9.07. The van der Waals surface area contributed by atoms with Crippen molar-refractivity contribution in [1.82, 2.24) is 4.72 Å². The van der Waals surface area contributed by atoms with E-state index in [-0.39, 0.29) is 11.3 Å². The molecule has 8 heteroatoms. The van der Waals surface area contributed by atoms with Gasteiger partial charge in [-0.05, 0) is 18.6 Å². The number of aliphatic carboxylic acids is 1.